The number of sulfonamides is 1. The van der Waals surface area contributed by atoms with Crippen molar-refractivity contribution in [1.29, 1.82) is 0 Å². The van der Waals surface area contributed by atoms with Crippen molar-refractivity contribution in [2.24, 2.45) is 0 Å². The van der Waals surface area contributed by atoms with Crippen molar-refractivity contribution in [3.8, 4) is 0 Å². The number of halogens is 1. The molecule has 146 valence electrons. The van der Waals surface area contributed by atoms with Gasteiger partial charge in [0, 0.05) is 4.47 Å². The van der Waals surface area contributed by atoms with Gasteiger partial charge in [-0.25, -0.2) is 25.3 Å². The fourth-order valence-corrected chi connectivity index (χ4v) is 8.88. The van der Waals surface area contributed by atoms with Gasteiger partial charge in [0.1, 0.15) is 0 Å². The molecule has 1 N–H and O–H groups in total. The molecule has 11 heteroatoms. The Kier molecular flexibility index (Phi) is 5.41. The highest BCUT2D eigenvalue weighted by molar-refractivity contribution is 9.10. The lowest BCUT2D eigenvalue weighted by Crippen LogP contribution is -2.23. The van der Waals surface area contributed by atoms with Gasteiger partial charge in [-0.2, -0.15) is 0 Å². The zero-order chi connectivity index (χ0) is 19.9. The van der Waals surface area contributed by atoms with E-state index in [1.165, 1.54) is 18.2 Å². The SMILES string of the molecule is O=S1(=O)CC[C@@H](S(=O)(=O)c2cccc(S(=O)(=O)Nc3ccccc3Br)c2)C1. The predicted octanol–water partition coefficient (Wildman–Crippen LogP) is 2.21. The third kappa shape index (κ3) is 4.36. The number of benzene rings is 2. The fraction of sp³-hybridized carbons (Fsp3) is 0.250. The van der Waals surface area contributed by atoms with Gasteiger partial charge in [-0.05, 0) is 52.7 Å². The van der Waals surface area contributed by atoms with Gasteiger partial charge in [-0.1, -0.05) is 18.2 Å². The van der Waals surface area contributed by atoms with Gasteiger partial charge in [0.2, 0.25) is 0 Å². The minimum absolute atomic E-state index is 0.0108. The number of hydrogen-bond donors (Lipinski definition) is 1. The fourth-order valence-electron chi connectivity index (χ4n) is 2.76. The van der Waals surface area contributed by atoms with Gasteiger partial charge in [0.25, 0.3) is 10.0 Å². The molecule has 0 amide bonds. The molecule has 0 aliphatic carbocycles. The molecule has 1 atom stereocenters. The molecule has 0 bridgehead atoms. The van der Waals surface area contributed by atoms with E-state index in [2.05, 4.69) is 20.7 Å². The Morgan fingerprint density at radius 2 is 1.63 bits per heavy atom. The average molecular weight is 494 g/mol. The maximum atomic E-state index is 12.7. The average Bonchev–Trinajstić information content (AvgIpc) is 2.98. The van der Waals surface area contributed by atoms with Gasteiger partial charge in [-0.15, -0.1) is 0 Å². The van der Waals surface area contributed by atoms with Gasteiger partial charge in [0.15, 0.2) is 19.7 Å². The maximum absolute atomic E-state index is 12.7. The molecule has 2 aromatic rings. The van der Waals surface area contributed by atoms with Crippen LogP contribution >= 0.6 is 15.9 Å². The molecule has 0 saturated carbocycles. The van der Waals surface area contributed by atoms with E-state index in [0.29, 0.717) is 10.2 Å². The number of hydrogen-bond acceptors (Lipinski definition) is 6. The first-order chi connectivity index (χ1) is 12.5. The lowest BCUT2D eigenvalue weighted by molar-refractivity contribution is 0.582. The van der Waals surface area contributed by atoms with Crippen LogP contribution < -0.4 is 4.72 Å². The van der Waals surface area contributed by atoms with Gasteiger partial charge >= 0.3 is 0 Å². The Morgan fingerprint density at radius 1 is 0.963 bits per heavy atom. The zero-order valence-corrected chi connectivity index (χ0v) is 17.9. The molecular formula is C16H16BrNO6S3. The smallest absolute Gasteiger partial charge is 0.261 e. The molecule has 0 spiro atoms. The van der Waals surface area contributed by atoms with Crippen LogP contribution in [0, 0.1) is 0 Å². The largest absolute Gasteiger partial charge is 0.278 e. The highest BCUT2D eigenvalue weighted by atomic mass is 79.9. The molecule has 1 fully saturated rings. The summed E-state index contributed by atoms with van der Waals surface area (Å²) in [4.78, 5) is -0.431. The third-order valence-electron chi connectivity index (χ3n) is 4.19. The lowest BCUT2D eigenvalue weighted by atomic mass is 10.3. The van der Waals surface area contributed by atoms with Gasteiger partial charge < -0.3 is 0 Å². The summed E-state index contributed by atoms with van der Waals surface area (Å²) in [6, 6.07) is 11.5. The molecule has 0 aromatic heterocycles. The van der Waals surface area contributed by atoms with Crippen LogP contribution in [0.5, 0.6) is 0 Å². The summed E-state index contributed by atoms with van der Waals surface area (Å²) in [6.07, 6.45) is 0.0108. The van der Waals surface area contributed by atoms with E-state index in [9.17, 15) is 25.3 Å². The molecule has 0 unspecified atom stereocenters. The van der Waals surface area contributed by atoms with Crippen molar-refractivity contribution in [3.05, 3.63) is 53.0 Å². The molecule has 1 heterocycles. The van der Waals surface area contributed by atoms with Crippen LogP contribution in [0.25, 0.3) is 0 Å². The quantitative estimate of drug-likeness (QED) is 0.682. The first kappa shape index (κ1) is 20.3. The first-order valence-electron chi connectivity index (χ1n) is 7.83. The zero-order valence-electron chi connectivity index (χ0n) is 13.9. The molecular weight excluding hydrogens is 478 g/mol. The molecule has 0 radical (unpaired) electrons. The molecule has 2 aromatic carbocycles. The van der Waals surface area contributed by atoms with Gasteiger partial charge in [-0.3, -0.25) is 4.72 Å². The summed E-state index contributed by atoms with van der Waals surface area (Å²) in [5.41, 5.74) is 0.313. The number of para-hydroxylation sites is 1. The number of anilines is 1. The Bertz CT molecular complexity index is 1190. The lowest BCUT2D eigenvalue weighted by Gasteiger charge is -2.13. The molecule has 3 rings (SSSR count). The molecule has 1 aliphatic heterocycles. The summed E-state index contributed by atoms with van der Waals surface area (Å²) >= 11 is 3.24. The summed E-state index contributed by atoms with van der Waals surface area (Å²) in [5, 5.41) is -1.06. The van der Waals surface area contributed by atoms with E-state index in [4.69, 9.17) is 0 Å². The monoisotopic (exact) mass is 493 g/mol. The molecule has 7 nitrogen and oxygen atoms in total. The van der Waals surface area contributed by atoms with Crippen molar-refractivity contribution < 1.29 is 25.3 Å². The molecule has 1 aliphatic rings. The van der Waals surface area contributed by atoms with E-state index >= 15 is 0 Å². The van der Waals surface area contributed by atoms with Crippen LogP contribution in [0.4, 0.5) is 5.69 Å². The minimum Gasteiger partial charge on any atom is -0.278 e. The standard InChI is InChI=1S/C16H16BrNO6S3/c17-15-6-1-2-7-16(15)18-27(23,24)13-5-3-4-12(10-13)26(21,22)14-8-9-25(19,20)11-14/h1-7,10,14,18H,8-9,11H2/t14-/m1/s1. The Morgan fingerprint density at radius 3 is 2.26 bits per heavy atom. The highest BCUT2D eigenvalue weighted by Gasteiger charge is 2.38. The van der Waals surface area contributed by atoms with Crippen LogP contribution in [0.1, 0.15) is 6.42 Å². The van der Waals surface area contributed by atoms with E-state index in [-0.39, 0.29) is 22.0 Å². The summed E-state index contributed by atoms with van der Waals surface area (Å²) in [7, 11) is -11.4. The molecule has 27 heavy (non-hydrogen) atoms. The van der Waals surface area contributed by atoms with E-state index in [1.54, 1.807) is 24.3 Å². The van der Waals surface area contributed by atoms with Crippen LogP contribution in [0.15, 0.2) is 62.8 Å². The second kappa shape index (κ2) is 7.19. The maximum Gasteiger partial charge on any atom is 0.261 e. The second-order valence-corrected chi connectivity index (χ2v) is 13.1. The third-order valence-corrected chi connectivity index (χ3v) is 10.4. The summed E-state index contributed by atoms with van der Waals surface area (Å²) in [6.45, 7) is 0. The first-order valence-corrected chi connectivity index (χ1v) is 13.5. The van der Waals surface area contributed by atoms with Crippen molar-refractivity contribution >= 4 is 51.3 Å². The highest BCUT2D eigenvalue weighted by Crippen LogP contribution is 2.28. The Balaban J connectivity index is 1.95. The summed E-state index contributed by atoms with van der Waals surface area (Å²) in [5.74, 6) is -0.625. The van der Waals surface area contributed by atoms with Crippen LogP contribution in [0.2, 0.25) is 0 Å². The van der Waals surface area contributed by atoms with Gasteiger partial charge in [0.05, 0.1) is 32.2 Å². The summed E-state index contributed by atoms with van der Waals surface area (Å²) < 4.78 is 76.9. The van der Waals surface area contributed by atoms with Crippen molar-refractivity contribution in [3.63, 3.8) is 0 Å². The van der Waals surface area contributed by atoms with Crippen molar-refractivity contribution in [1.82, 2.24) is 0 Å². The van der Waals surface area contributed by atoms with Crippen LogP contribution in [-0.2, 0) is 29.7 Å². The second-order valence-electron chi connectivity index (χ2n) is 6.13. The van der Waals surface area contributed by atoms with Crippen molar-refractivity contribution in [2.75, 3.05) is 16.2 Å². The van der Waals surface area contributed by atoms with Crippen molar-refractivity contribution in [2.45, 2.75) is 21.5 Å². The van der Waals surface area contributed by atoms with E-state index < -0.39 is 40.7 Å². The van der Waals surface area contributed by atoms with Crippen LogP contribution in [-0.4, -0.2) is 42.0 Å². The normalized spacial score (nSPS) is 19.7. The number of rotatable bonds is 5. The Labute approximate surface area is 166 Å². The van der Waals surface area contributed by atoms with Crippen LogP contribution in [0.3, 0.4) is 0 Å². The van der Waals surface area contributed by atoms with E-state index in [1.807, 2.05) is 0 Å². The molecule has 1 saturated heterocycles. The Hall–Kier alpha value is -1.43. The predicted molar refractivity (Wildman–Crippen MR) is 106 cm³/mol. The van der Waals surface area contributed by atoms with E-state index in [0.717, 1.165) is 6.07 Å². The topological polar surface area (TPSA) is 114 Å². The number of nitrogens with one attached hydrogen (secondary N) is 1. The minimum atomic E-state index is -4.03. The number of sulfone groups is 2.